The highest BCUT2D eigenvalue weighted by atomic mass is 32.2. The van der Waals surface area contributed by atoms with Crippen LogP contribution in [0.15, 0.2) is 29.3 Å². The van der Waals surface area contributed by atoms with Crippen molar-refractivity contribution in [2.45, 2.75) is 57.7 Å². The van der Waals surface area contributed by atoms with Crippen LogP contribution in [0.5, 0.6) is 0 Å². The number of nitrogens with two attached hydrogens (primary N) is 1. The average molecular weight is 457 g/mol. The van der Waals surface area contributed by atoms with Crippen LogP contribution in [0.4, 0.5) is 0 Å². The molecule has 0 amide bonds. The standard InChI is InChI=1S/C25H38N5OS/c1-17-23(18(2)30(28-17)16-31-13-14-32(5)6)25(3)22(15-29(4)24(26)27-25)21-11-9-20(10-12-21)19-7-8-19/h9-12,19,22H,7-8,13-16H2,1-6H3,(H2,26,27)/q+1/t22-,25-/m0/s1. The summed E-state index contributed by atoms with van der Waals surface area (Å²) >= 11 is 0. The predicted molar refractivity (Wildman–Crippen MR) is 134 cm³/mol. The normalized spacial score (nSPS) is 23.7. The van der Waals surface area contributed by atoms with Gasteiger partial charge in [-0.05, 0) is 61.6 Å². The summed E-state index contributed by atoms with van der Waals surface area (Å²) in [5, 5.41) is 4.84. The molecule has 0 unspecified atom stereocenters. The van der Waals surface area contributed by atoms with Gasteiger partial charge in [0.1, 0.15) is 12.5 Å². The van der Waals surface area contributed by atoms with Crippen molar-refractivity contribution < 1.29 is 4.74 Å². The molecule has 2 aromatic rings. The molecule has 32 heavy (non-hydrogen) atoms. The molecule has 1 aliphatic carbocycles. The zero-order chi connectivity index (χ0) is 23.0. The third kappa shape index (κ3) is 4.55. The number of likely N-dealkylation sites (N-methyl/N-ethyl adjacent to an activating group) is 1. The Morgan fingerprint density at radius 3 is 2.44 bits per heavy atom. The molecule has 1 aliphatic heterocycles. The van der Waals surface area contributed by atoms with Gasteiger partial charge in [-0.25, -0.2) is 9.67 Å². The first kappa shape index (κ1) is 23.2. The molecule has 2 heterocycles. The second-order valence-electron chi connectivity index (χ2n) is 9.76. The molecule has 6 nitrogen and oxygen atoms in total. The molecule has 2 N–H and O–H groups in total. The third-order valence-electron chi connectivity index (χ3n) is 7.00. The van der Waals surface area contributed by atoms with Crippen molar-refractivity contribution in [1.29, 1.82) is 0 Å². The van der Waals surface area contributed by atoms with Crippen LogP contribution in [0.1, 0.15) is 59.7 Å². The van der Waals surface area contributed by atoms with E-state index in [1.165, 1.54) is 29.5 Å². The Morgan fingerprint density at radius 1 is 1.16 bits per heavy atom. The molecule has 1 aromatic heterocycles. The van der Waals surface area contributed by atoms with Gasteiger partial charge in [0.2, 0.25) is 0 Å². The van der Waals surface area contributed by atoms with E-state index in [9.17, 15) is 0 Å². The monoisotopic (exact) mass is 456 g/mol. The van der Waals surface area contributed by atoms with E-state index in [-0.39, 0.29) is 5.92 Å². The molecule has 2 atom stereocenters. The predicted octanol–water partition coefficient (Wildman–Crippen LogP) is 3.49. The lowest BCUT2D eigenvalue weighted by Crippen LogP contribution is -2.49. The number of hydrogen-bond donors (Lipinski definition) is 1. The van der Waals surface area contributed by atoms with E-state index < -0.39 is 5.54 Å². The van der Waals surface area contributed by atoms with E-state index in [4.69, 9.17) is 20.6 Å². The molecule has 7 heteroatoms. The van der Waals surface area contributed by atoms with Crippen LogP contribution < -0.4 is 5.73 Å². The lowest BCUT2D eigenvalue weighted by molar-refractivity contribution is 0.0791. The largest absolute Gasteiger partial charge is 0.370 e. The van der Waals surface area contributed by atoms with Crippen molar-refractivity contribution in [1.82, 2.24) is 14.7 Å². The molecule has 4 rings (SSSR count). The second kappa shape index (κ2) is 9.10. The van der Waals surface area contributed by atoms with Gasteiger partial charge in [-0.3, -0.25) is 0 Å². The van der Waals surface area contributed by atoms with Crippen molar-refractivity contribution in [2.75, 3.05) is 38.5 Å². The number of benzene rings is 1. The Bertz CT molecular complexity index is 979. The van der Waals surface area contributed by atoms with E-state index in [1.54, 1.807) is 0 Å². The van der Waals surface area contributed by atoms with E-state index in [0.29, 0.717) is 23.6 Å². The first-order chi connectivity index (χ1) is 15.2. The maximum absolute atomic E-state index is 6.36. The van der Waals surface area contributed by atoms with Crippen LogP contribution in [-0.2, 0) is 27.9 Å². The van der Waals surface area contributed by atoms with Crippen LogP contribution in [-0.4, -0.2) is 59.1 Å². The first-order valence-electron chi connectivity index (χ1n) is 11.5. The van der Waals surface area contributed by atoms with E-state index >= 15 is 0 Å². The van der Waals surface area contributed by atoms with Crippen LogP contribution >= 0.6 is 0 Å². The number of aromatic nitrogens is 2. The van der Waals surface area contributed by atoms with Crippen molar-refractivity contribution in [3.8, 4) is 0 Å². The molecule has 0 spiro atoms. The minimum absolute atomic E-state index is 0.186. The molecule has 0 bridgehead atoms. The summed E-state index contributed by atoms with van der Waals surface area (Å²) in [6.45, 7) is 8.48. The maximum atomic E-state index is 6.36. The number of hydrogen-bond acceptors (Lipinski definition) is 5. The van der Waals surface area contributed by atoms with Crippen LogP contribution in [0.3, 0.4) is 0 Å². The quantitative estimate of drug-likeness (QED) is 0.488. The number of aryl methyl sites for hydroxylation is 1. The van der Waals surface area contributed by atoms with Crippen molar-refractivity contribution in [3.05, 3.63) is 52.3 Å². The first-order valence-corrected chi connectivity index (χ1v) is 13.7. The molecule has 174 valence electrons. The average Bonchev–Trinajstić information content (AvgIpc) is 3.54. The number of nitrogens with zero attached hydrogens (tertiary/aromatic N) is 4. The Labute approximate surface area is 195 Å². The zero-order valence-corrected chi connectivity index (χ0v) is 21.2. The summed E-state index contributed by atoms with van der Waals surface area (Å²) in [6.07, 6.45) is 7.12. The van der Waals surface area contributed by atoms with Crippen molar-refractivity contribution >= 4 is 16.9 Å². The number of aliphatic imine (C=N–C) groups is 1. The summed E-state index contributed by atoms with van der Waals surface area (Å²) < 4.78 is 7.91. The zero-order valence-electron chi connectivity index (χ0n) is 20.4. The van der Waals surface area contributed by atoms with Crippen LogP contribution in [0, 0.1) is 13.8 Å². The fourth-order valence-corrected chi connectivity index (χ4v) is 5.41. The van der Waals surface area contributed by atoms with Gasteiger partial charge in [0.15, 0.2) is 5.96 Å². The number of ether oxygens (including phenoxy) is 1. The smallest absolute Gasteiger partial charge is 0.191 e. The van der Waals surface area contributed by atoms with Gasteiger partial charge in [0, 0.05) is 30.8 Å². The molecule has 0 saturated heterocycles. The van der Waals surface area contributed by atoms with Gasteiger partial charge in [-0.1, -0.05) is 24.3 Å². The van der Waals surface area contributed by atoms with Crippen LogP contribution in [0.25, 0.3) is 0 Å². The maximum Gasteiger partial charge on any atom is 0.191 e. The van der Waals surface area contributed by atoms with Gasteiger partial charge in [0.25, 0.3) is 0 Å². The molecule has 1 saturated carbocycles. The molecular formula is C25H38N5OS+. The Kier molecular flexibility index (Phi) is 6.59. The lowest BCUT2D eigenvalue weighted by atomic mass is 9.74. The molecule has 0 radical (unpaired) electrons. The van der Waals surface area contributed by atoms with E-state index in [1.807, 2.05) is 11.7 Å². The number of guanidine groups is 1. The van der Waals surface area contributed by atoms with Gasteiger partial charge in [-0.15, -0.1) is 0 Å². The molecule has 1 aromatic carbocycles. The Balaban J connectivity index is 1.66. The van der Waals surface area contributed by atoms with Gasteiger partial charge >= 0.3 is 0 Å². The second-order valence-corrected chi connectivity index (χ2v) is 12.1. The Hall–Kier alpha value is -1.99. The summed E-state index contributed by atoms with van der Waals surface area (Å²) in [5.74, 6) is 2.61. The highest BCUT2D eigenvalue weighted by Crippen LogP contribution is 2.46. The summed E-state index contributed by atoms with van der Waals surface area (Å²) in [4.78, 5) is 7.14. The molecular weight excluding hydrogens is 418 g/mol. The van der Waals surface area contributed by atoms with Gasteiger partial charge in [-0.2, -0.15) is 5.10 Å². The highest BCUT2D eigenvalue weighted by molar-refractivity contribution is 7.95. The van der Waals surface area contributed by atoms with Crippen molar-refractivity contribution in [2.24, 2.45) is 10.7 Å². The summed E-state index contributed by atoms with van der Waals surface area (Å²) in [5.41, 5.74) is 11.9. The van der Waals surface area contributed by atoms with E-state index in [2.05, 4.69) is 62.4 Å². The topological polar surface area (TPSA) is 68.7 Å². The fourth-order valence-electron chi connectivity index (χ4n) is 4.96. The summed E-state index contributed by atoms with van der Waals surface area (Å²) in [7, 11) is 2.41. The molecule has 2 aliphatic rings. The highest BCUT2D eigenvalue weighted by Gasteiger charge is 2.44. The van der Waals surface area contributed by atoms with Gasteiger partial charge in [0.05, 0.1) is 30.4 Å². The lowest BCUT2D eigenvalue weighted by Gasteiger charge is -2.42. The SMILES string of the molecule is Cc1nn(COCC[S+](C)C)c(C)c1[C@@]1(C)N=C(N)N(C)C[C@H]1c1ccc(C2CC2)cc1. The summed E-state index contributed by atoms with van der Waals surface area (Å²) in [6, 6.07) is 9.21. The van der Waals surface area contributed by atoms with Crippen LogP contribution in [0.2, 0.25) is 0 Å². The molecule has 1 fully saturated rings. The minimum Gasteiger partial charge on any atom is -0.370 e. The van der Waals surface area contributed by atoms with E-state index in [0.717, 1.165) is 36.2 Å². The van der Waals surface area contributed by atoms with Crippen molar-refractivity contribution in [3.63, 3.8) is 0 Å². The Morgan fingerprint density at radius 2 is 1.81 bits per heavy atom. The minimum atomic E-state index is -0.483. The number of rotatable bonds is 8. The third-order valence-corrected chi connectivity index (χ3v) is 7.98. The fraction of sp³-hybridized carbons (Fsp3) is 0.600. The van der Waals surface area contributed by atoms with Gasteiger partial charge < -0.3 is 15.4 Å².